The van der Waals surface area contributed by atoms with E-state index >= 15 is 0 Å². The molecule has 1 rings (SSSR count). The van der Waals surface area contributed by atoms with Crippen molar-refractivity contribution in [3.63, 3.8) is 0 Å². The van der Waals surface area contributed by atoms with Gasteiger partial charge in [0.05, 0.1) is 6.10 Å². The molecule has 0 aliphatic carbocycles. The fourth-order valence-corrected chi connectivity index (χ4v) is 0.941. The van der Waals surface area contributed by atoms with E-state index in [2.05, 4.69) is 6.92 Å². The SMILES string of the molecule is [CH2]C(O)Cc1ccc(F)cc1F. The molecule has 1 nitrogen and oxygen atoms in total. The second-order valence-corrected chi connectivity index (χ2v) is 2.59. The number of aliphatic hydroxyl groups excluding tert-OH is 1. The van der Waals surface area contributed by atoms with E-state index in [1.165, 1.54) is 6.07 Å². The number of halogens is 2. The molecule has 1 aromatic rings. The molecule has 0 saturated carbocycles. The first-order valence-corrected chi connectivity index (χ1v) is 3.54. The second kappa shape index (κ2) is 3.63. The summed E-state index contributed by atoms with van der Waals surface area (Å²) < 4.78 is 25.2. The van der Waals surface area contributed by atoms with Gasteiger partial charge in [-0.3, -0.25) is 0 Å². The third kappa shape index (κ3) is 2.27. The van der Waals surface area contributed by atoms with Crippen molar-refractivity contribution in [3.8, 4) is 0 Å². The molecular formula is C9H9F2O. The lowest BCUT2D eigenvalue weighted by molar-refractivity contribution is 0.220. The Morgan fingerprint density at radius 2 is 2.08 bits per heavy atom. The standard InChI is InChI=1S/C9H9F2O/c1-6(12)4-7-2-3-8(10)5-9(7)11/h2-3,5-6,12H,1,4H2. The molecular weight excluding hydrogens is 162 g/mol. The van der Waals surface area contributed by atoms with E-state index in [0.29, 0.717) is 0 Å². The van der Waals surface area contributed by atoms with Crippen LogP contribution in [0.5, 0.6) is 0 Å². The normalized spacial score (nSPS) is 13.0. The van der Waals surface area contributed by atoms with E-state index in [0.717, 1.165) is 12.1 Å². The van der Waals surface area contributed by atoms with Crippen LogP contribution in [0.3, 0.4) is 0 Å². The van der Waals surface area contributed by atoms with Crippen LogP contribution in [0.2, 0.25) is 0 Å². The highest BCUT2D eigenvalue weighted by molar-refractivity contribution is 5.19. The number of hydrogen-bond acceptors (Lipinski definition) is 1. The Balaban J connectivity index is 2.86. The monoisotopic (exact) mass is 171 g/mol. The van der Waals surface area contributed by atoms with Crippen molar-refractivity contribution in [1.82, 2.24) is 0 Å². The number of benzene rings is 1. The average molecular weight is 171 g/mol. The van der Waals surface area contributed by atoms with Crippen LogP contribution in [0.15, 0.2) is 18.2 Å². The van der Waals surface area contributed by atoms with Gasteiger partial charge in [0.25, 0.3) is 0 Å². The summed E-state index contributed by atoms with van der Waals surface area (Å²) in [4.78, 5) is 0. The molecule has 0 fully saturated rings. The average Bonchev–Trinajstić information content (AvgIpc) is 1.94. The van der Waals surface area contributed by atoms with Gasteiger partial charge in [0.15, 0.2) is 0 Å². The van der Waals surface area contributed by atoms with Gasteiger partial charge >= 0.3 is 0 Å². The molecule has 1 N–H and O–H groups in total. The Kier molecular flexibility index (Phi) is 2.76. The highest BCUT2D eigenvalue weighted by Crippen LogP contribution is 2.11. The molecule has 0 spiro atoms. The summed E-state index contributed by atoms with van der Waals surface area (Å²) in [6, 6.07) is 3.25. The molecule has 3 heteroatoms. The fourth-order valence-electron chi connectivity index (χ4n) is 0.941. The van der Waals surface area contributed by atoms with E-state index in [1.807, 2.05) is 0 Å². The van der Waals surface area contributed by atoms with Crippen LogP contribution in [-0.2, 0) is 6.42 Å². The minimum Gasteiger partial charge on any atom is -0.393 e. The van der Waals surface area contributed by atoms with E-state index in [-0.39, 0.29) is 12.0 Å². The molecule has 0 saturated heterocycles. The molecule has 0 heterocycles. The lowest BCUT2D eigenvalue weighted by Crippen LogP contribution is -2.06. The zero-order valence-corrected chi connectivity index (χ0v) is 6.43. The van der Waals surface area contributed by atoms with Gasteiger partial charge in [0.2, 0.25) is 0 Å². The second-order valence-electron chi connectivity index (χ2n) is 2.59. The minimum atomic E-state index is -0.857. The van der Waals surface area contributed by atoms with Crippen molar-refractivity contribution in [2.45, 2.75) is 12.5 Å². The predicted octanol–water partition coefficient (Wildman–Crippen LogP) is 1.70. The van der Waals surface area contributed by atoms with Crippen LogP contribution in [0.25, 0.3) is 0 Å². The van der Waals surface area contributed by atoms with Crippen LogP contribution < -0.4 is 0 Å². The summed E-state index contributed by atoms with van der Waals surface area (Å²) in [5, 5.41) is 8.83. The Morgan fingerprint density at radius 1 is 1.42 bits per heavy atom. The lowest BCUT2D eigenvalue weighted by Gasteiger charge is -2.04. The first-order chi connectivity index (χ1) is 5.59. The third-order valence-corrected chi connectivity index (χ3v) is 1.47. The fraction of sp³-hybridized carbons (Fsp3) is 0.222. The van der Waals surface area contributed by atoms with E-state index in [9.17, 15) is 8.78 Å². The maximum absolute atomic E-state index is 12.8. The maximum Gasteiger partial charge on any atom is 0.129 e. The zero-order chi connectivity index (χ0) is 9.14. The van der Waals surface area contributed by atoms with Crippen molar-refractivity contribution >= 4 is 0 Å². The predicted molar refractivity (Wildman–Crippen MR) is 41.4 cm³/mol. The van der Waals surface area contributed by atoms with Gasteiger partial charge in [-0.1, -0.05) is 6.07 Å². The molecule has 0 bridgehead atoms. The van der Waals surface area contributed by atoms with Gasteiger partial charge in [-0.2, -0.15) is 0 Å². The number of rotatable bonds is 2. The van der Waals surface area contributed by atoms with Crippen LogP contribution in [0.1, 0.15) is 5.56 Å². The highest BCUT2D eigenvalue weighted by atomic mass is 19.1. The van der Waals surface area contributed by atoms with E-state index < -0.39 is 17.7 Å². The van der Waals surface area contributed by atoms with Gasteiger partial charge in [-0.15, -0.1) is 0 Å². The molecule has 1 unspecified atom stereocenters. The molecule has 0 aliphatic heterocycles. The van der Waals surface area contributed by atoms with Crippen molar-refractivity contribution in [1.29, 1.82) is 0 Å². The molecule has 1 radical (unpaired) electrons. The first kappa shape index (κ1) is 9.13. The lowest BCUT2D eigenvalue weighted by atomic mass is 10.1. The quantitative estimate of drug-likeness (QED) is 0.718. The molecule has 0 aromatic heterocycles. The highest BCUT2D eigenvalue weighted by Gasteiger charge is 2.05. The topological polar surface area (TPSA) is 20.2 Å². The van der Waals surface area contributed by atoms with E-state index in [1.54, 1.807) is 0 Å². The van der Waals surface area contributed by atoms with Crippen molar-refractivity contribution in [2.75, 3.05) is 0 Å². The third-order valence-electron chi connectivity index (χ3n) is 1.47. The molecule has 1 atom stereocenters. The maximum atomic E-state index is 12.8. The zero-order valence-electron chi connectivity index (χ0n) is 6.43. The summed E-state index contributed by atoms with van der Waals surface area (Å²) >= 11 is 0. The van der Waals surface area contributed by atoms with Crippen molar-refractivity contribution in [3.05, 3.63) is 42.3 Å². The van der Waals surface area contributed by atoms with E-state index in [4.69, 9.17) is 5.11 Å². The van der Waals surface area contributed by atoms with Gasteiger partial charge in [0.1, 0.15) is 11.6 Å². The smallest absolute Gasteiger partial charge is 0.129 e. The van der Waals surface area contributed by atoms with Gasteiger partial charge in [-0.25, -0.2) is 8.78 Å². The molecule has 65 valence electrons. The van der Waals surface area contributed by atoms with Crippen LogP contribution in [0.4, 0.5) is 8.78 Å². The Bertz CT molecular complexity index is 271. The van der Waals surface area contributed by atoms with Crippen molar-refractivity contribution in [2.24, 2.45) is 0 Å². The summed E-state index contributed by atoms with van der Waals surface area (Å²) in [6.45, 7) is 3.29. The Labute approximate surface area is 69.7 Å². The number of hydrogen-bond donors (Lipinski definition) is 1. The first-order valence-electron chi connectivity index (χ1n) is 3.54. The van der Waals surface area contributed by atoms with Crippen LogP contribution in [0, 0.1) is 18.6 Å². The van der Waals surface area contributed by atoms with Gasteiger partial charge < -0.3 is 5.11 Å². The minimum absolute atomic E-state index is 0.103. The Hall–Kier alpha value is -0.960. The van der Waals surface area contributed by atoms with Crippen LogP contribution >= 0.6 is 0 Å². The van der Waals surface area contributed by atoms with Gasteiger partial charge in [0, 0.05) is 12.5 Å². The molecule has 1 aromatic carbocycles. The molecule has 0 amide bonds. The Morgan fingerprint density at radius 3 is 2.58 bits per heavy atom. The number of aliphatic hydroxyl groups is 1. The summed E-state index contributed by atoms with van der Waals surface area (Å²) in [7, 11) is 0. The molecule has 0 aliphatic rings. The molecule has 12 heavy (non-hydrogen) atoms. The summed E-state index contributed by atoms with van der Waals surface area (Å²) in [5.74, 6) is -1.26. The summed E-state index contributed by atoms with van der Waals surface area (Å²) in [6.07, 6.45) is -0.753. The van der Waals surface area contributed by atoms with Gasteiger partial charge in [-0.05, 0) is 18.6 Å². The summed E-state index contributed by atoms with van der Waals surface area (Å²) in [5.41, 5.74) is 0.277. The van der Waals surface area contributed by atoms with Crippen LogP contribution in [-0.4, -0.2) is 11.2 Å². The largest absolute Gasteiger partial charge is 0.393 e. The van der Waals surface area contributed by atoms with Crippen molar-refractivity contribution < 1.29 is 13.9 Å².